The molecule has 2 aromatic rings. The molecule has 0 unspecified atom stereocenters. The van der Waals surface area contributed by atoms with Gasteiger partial charge in [0, 0.05) is 17.3 Å². The fourth-order valence-electron chi connectivity index (χ4n) is 2.93. The first-order valence-corrected chi connectivity index (χ1v) is 8.21. The number of anilines is 1. The van der Waals surface area contributed by atoms with Crippen molar-refractivity contribution >= 4 is 23.2 Å². The molecule has 2 atom stereocenters. The summed E-state index contributed by atoms with van der Waals surface area (Å²) in [5.41, 5.74) is 1.96. The van der Waals surface area contributed by atoms with Gasteiger partial charge in [-0.15, -0.1) is 0 Å². The van der Waals surface area contributed by atoms with Crippen molar-refractivity contribution in [2.75, 3.05) is 5.32 Å². The van der Waals surface area contributed by atoms with E-state index in [1.54, 1.807) is 17.0 Å². The van der Waals surface area contributed by atoms with Crippen LogP contribution in [0.2, 0.25) is 5.02 Å². The van der Waals surface area contributed by atoms with Gasteiger partial charge in [-0.3, -0.25) is 4.79 Å². The molecule has 0 saturated carbocycles. The van der Waals surface area contributed by atoms with Gasteiger partial charge in [0.25, 0.3) is 5.91 Å². The summed E-state index contributed by atoms with van der Waals surface area (Å²) in [7, 11) is 0. The fraction of sp³-hybridized carbons (Fsp3) is 0.278. The molecule has 6 heteroatoms. The number of para-hydroxylation sites is 1. The van der Waals surface area contributed by atoms with Crippen LogP contribution in [-0.4, -0.2) is 27.1 Å². The van der Waals surface area contributed by atoms with Crippen LogP contribution in [0.3, 0.4) is 0 Å². The number of carbonyl (C=O) groups is 1. The minimum Gasteiger partial charge on any atom is -0.504 e. The number of phenolic OH excluding ortho intramolecular Hbond substituents is 2. The average Bonchev–Trinajstić information content (AvgIpc) is 2.58. The summed E-state index contributed by atoms with van der Waals surface area (Å²) in [5.74, 6) is -0.750. The van der Waals surface area contributed by atoms with Crippen molar-refractivity contribution in [3.05, 3.63) is 52.5 Å². The summed E-state index contributed by atoms with van der Waals surface area (Å²) in [6.45, 7) is 3.99. The molecule has 5 nitrogen and oxygen atoms in total. The molecule has 3 N–H and O–H groups in total. The third kappa shape index (κ3) is 2.65. The number of aromatic hydroxyl groups is 2. The van der Waals surface area contributed by atoms with Gasteiger partial charge in [0.15, 0.2) is 11.5 Å². The maximum Gasteiger partial charge on any atom is 0.258 e. The van der Waals surface area contributed by atoms with Crippen LogP contribution >= 0.6 is 11.6 Å². The average molecular weight is 347 g/mol. The van der Waals surface area contributed by atoms with Crippen molar-refractivity contribution < 1.29 is 15.0 Å². The first kappa shape index (κ1) is 16.5. The molecule has 0 radical (unpaired) electrons. The molecule has 0 aliphatic carbocycles. The summed E-state index contributed by atoms with van der Waals surface area (Å²) in [4.78, 5) is 14.7. The second-order valence-corrected chi connectivity index (χ2v) is 6.34. The van der Waals surface area contributed by atoms with Gasteiger partial charge in [0.2, 0.25) is 0 Å². The van der Waals surface area contributed by atoms with Gasteiger partial charge >= 0.3 is 0 Å². The normalized spacial score (nSPS) is 18.0. The van der Waals surface area contributed by atoms with Crippen LogP contribution < -0.4 is 5.32 Å². The Morgan fingerprint density at radius 2 is 2.00 bits per heavy atom. The van der Waals surface area contributed by atoms with E-state index in [0.717, 1.165) is 12.1 Å². The van der Waals surface area contributed by atoms with Crippen molar-refractivity contribution in [3.63, 3.8) is 0 Å². The lowest BCUT2D eigenvalue weighted by molar-refractivity contribution is 0.0593. The predicted octanol–water partition coefficient (Wildman–Crippen LogP) is 4.12. The Bertz CT molecular complexity index is 771. The number of carbonyl (C=O) groups excluding carboxylic acids is 1. The largest absolute Gasteiger partial charge is 0.504 e. The minimum absolute atomic E-state index is 0.0157. The van der Waals surface area contributed by atoms with Gasteiger partial charge < -0.3 is 20.4 Å². The molecular formula is C18H19ClN2O3. The van der Waals surface area contributed by atoms with Crippen molar-refractivity contribution in [1.29, 1.82) is 0 Å². The Hall–Kier alpha value is -2.40. The molecule has 1 aliphatic rings. The van der Waals surface area contributed by atoms with E-state index in [0.29, 0.717) is 11.1 Å². The summed E-state index contributed by atoms with van der Waals surface area (Å²) in [5, 5.41) is 22.9. The van der Waals surface area contributed by atoms with E-state index in [4.69, 9.17) is 11.6 Å². The van der Waals surface area contributed by atoms with Crippen LogP contribution in [0, 0.1) is 0 Å². The van der Waals surface area contributed by atoms with E-state index < -0.39 is 6.17 Å². The zero-order valence-electron chi connectivity index (χ0n) is 13.5. The zero-order chi connectivity index (χ0) is 17.4. The highest BCUT2D eigenvalue weighted by atomic mass is 35.5. The molecule has 24 heavy (non-hydrogen) atoms. The van der Waals surface area contributed by atoms with Crippen molar-refractivity contribution in [3.8, 4) is 11.5 Å². The van der Waals surface area contributed by atoms with Gasteiger partial charge in [-0.25, -0.2) is 0 Å². The number of amides is 1. The highest BCUT2D eigenvalue weighted by molar-refractivity contribution is 6.32. The number of hydrogen-bond donors (Lipinski definition) is 3. The van der Waals surface area contributed by atoms with E-state index in [1.807, 2.05) is 32.0 Å². The van der Waals surface area contributed by atoms with Gasteiger partial charge in [-0.2, -0.15) is 0 Å². The number of fused-ring (bicyclic) bond motifs is 1. The maximum atomic E-state index is 13.0. The minimum atomic E-state index is -0.480. The number of benzene rings is 2. The lowest BCUT2D eigenvalue weighted by atomic mass is 10.0. The molecule has 0 spiro atoms. The molecular weight excluding hydrogens is 328 g/mol. The number of nitrogens with one attached hydrogen (secondary N) is 1. The van der Waals surface area contributed by atoms with E-state index in [-0.39, 0.29) is 28.5 Å². The van der Waals surface area contributed by atoms with Crippen LogP contribution in [0.15, 0.2) is 36.4 Å². The van der Waals surface area contributed by atoms with Crippen LogP contribution in [-0.2, 0) is 0 Å². The molecule has 3 rings (SSSR count). The first-order valence-electron chi connectivity index (χ1n) is 7.83. The number of hydrogen-bond acceptors (Lipinski definition) is 4. The molecule has 1 amide bonds. The Balaban J connectivity index is 2.12. The molecule has 0 saturated heterocycles. The van der Waals surface area contributed by atoms with E-state index in [9.17, 15) is 15.0 Å². The summed E-state index contributed by atoms with van der Waals surface area (Å²) >= 11 is 5.99. The summed E-state index contributed by atoms with van der Waals surface area (Å²) in [6.07, 6.45) is 0.301. The SMILES string of the molecule is CC[C@H](C)N1C(=O)c2ccccc2N[C@@H]1c1cc(O)c(O)c(Cl)c1. The highest BCUT2D eigenvalue weighted by Gasteiger charge is 2.35. The monoisotopic (exact) mass is 346 g/mol. The van der Waals surface area contributed by atoms with E-state index in [2.05, 4.69) is 5.32 Å². The third-order valence-electron chi connectivity index (χ3n) is 4.41. The fourth-order valence-corrected chi connectivity index (χ4v) is 3.15. The van der Waals surface area contributed by atoms with Crippen LogP contribution in [0.4, 0.5) is 5.69 Å². The van der Waals surface area contributed by atoms with Crippen LogP contribution in [0.5, 0.6) is 11.5 Å². The van der Waals surface area contributed by atoms with Crippen molar-refractivity contribution in [2.45, 2.75) is 32.5 Å². The Morgan fingerprint density at radius 1 is 1.29 bits per heavy atom. The molecule has 2 aromatic carbocycles. The number of nitrogens with zero attached hydrogens (tertiary/aromatic N) is 1. The highest BCUT2D eigenvalue weighted by Crippen LogP contribution is 2.40. The first-order chi connectivity index (χ1) is 11.4. The Kier molecular flexibility index (Phi) is 4.28. The van der Waals surface area contributed by atoms with Crippen molar-refractivity contribution in [2.24, 2.45) is 0 Å². The molecule has 0 fully saturated rings. The number of phenols is 2. The molecule has 1 aliphatic heterocycles. The molecule has 1 heterocycles. The standard InChI is InChI=1S/C18H19ClN2O3/c1-3-10(2)21-17(11-8-13(19)16(23)15(22)9-11)20-14-7-5-4-6-12(14)18(21)24/h4-10,17,20,22-23H,3H2,1-2H3/t10-,17-/m0/s1. The smallest absolute Gasteiger partial charge is 0.258 e. The summed E-state index contributed by atoms with van der Waals surface area (Å²) < 4.78 is 0. The second-order valence-electron chi connectivity index (χ2n) is 5.93. The Morgan fingerprint density at radius 3 is 2.67 bits per heavy atom. The van der Waals surface area contributed by atoms with E-state index in [1.165, 1.54) is 6.07 Å². The second kappa shape index (κ2) is 6.24. The predicted molar refractivity (Wildman–Crippen MR) is 93.5 cm³/mol. The quantitative estimate of drug-likeness (QED) is 0.731. The third-order valence-corrected chi connectivity index (χ3v) is 4.70. The number of halogens is 1. The lowest BCUT2D eigenvalue weighted by Crippen LogP contribution is -2.47. The van der Waals surface area contributed by atoms with Gasteiger partial charge in [0.05, 0.1) is 10.6 Å². The van der Waals surface area contributed by atoms with Crippen LogP contribution in [0.25, 0.3) is 0 Å². The van der Waals surface area contributed by atoms with E-state index >= 15 is 0 Å². The zero-order valence-corrected chi connectivity index (χ0v) is 14.2. The lowest BCUT2D eigenvalue weighted by Gasteiger charge is -2.41. The molecule has 0 aromatic heterocycles. The topological polar surface area (TPSA) is 72.8 Å². The van der Waals surface area contributed by atoms with Gasteiger partial charge in [-0.05, 0) is 37.6 Å². The maximum absolute atomic E-state index is 13.0. The summed E-state index contributed by atoms with van der Waals surface area (Å²) in [6, 6.07) is 10.3. The molecule has 0 bridgehead atoms. The van der Waals surface area contributed by atoms with Gasteiger partial charge in [-0.1, -0.05) is 30.7 Å². The molecule has 126 valence electrons. The number of rotatable bonds is 3. The Labute approximate surface area is 145 Å². The van der Waals surface area contributed by atoms with Gasteiger partial charge in [0.1, 0.15) is 6.17 Å². The van der Waals surface area contributed by atoms with Crippen LogP contribution in [0.1, 0.15) is 42.4 Å². The van der Waals surface area contributed by atoms with Crippen molar-refractivity contribution in [1.82, 2.24) is 4.90 Å².